The number of aromatic nitrogens is 2. The summed E-state index contributed by atoms with van der Waals surface area (Å²) in [4.78, 5) is 69.4. The van der Waals surface area contributed by atoms with Crippen LogP contribution in [-0.2, 0) is 19.2 Å². The van der Waals surface area contributed by atoms with Crippen LogP contribution in [0.5, 0.6) is 0 Å². The van der Waals surface area contributed by atoms with Crippen LogP contribution in [0, 0.1) is 17.8 Å². The summed E-state index contributed by atoms with van der Waals surface area (Å²) in [7, 11) is 0. The lowest BCUT2D eigenvalue weighted by molar-refractivity contribution is -0.140. The summed E-state index contributed by atoms with van der Waals surface area (Å²) in [5.74, 6) is 2.07. The predicted molar refractivity (Wildman–Crippen MR) is 228 cm³/mol. The topological polar surface area (TPSA) is 141 Å². The fraction of sp³-hybridized carbons (Fsp3) is 0.667. The largest absolute Gasteiger partial charge is 0.481 e. The number of carboxylic acid groups (broad SMARTS) is 1. The van der Waals surface area contributed by atoms with Crippen molar-refractivity contribution >= 4 is 35.3 Å². The molecular formula is C45H75N5O6. The third-order valence-electron chi connectivity index (χ3n) is 9.16. The highest BCUT2D eigenvalue weighted by Crippen LogP contribution is 2.17. The van der Waals surface area contributed by atoms with Gasteiger partial charge in [-0.3, -0.25) is 24.0 Å². The molecule has 0 saturated carbocycles. The fourth-order valence-corrected chi connectivity index (χ4v) is 5.16. The Labute approximate surface area is 339 Å². The van der Waals surface area contributed by atoms with Gasteiger partial charge in [-0.15, -0.1) is 0 Å². The number of amides is 2. The van der Waals surface area contributed by atoms with Crippen LogP contribution < -0.4 is 4.90 Å². The first kappa shape index (κ1) is 51.9. The molecule has 2 fully saturated rings. The Kier molecular flexibility index (Phi) is 27.8. The van der Waals surface area contributed by atoms with Gasteiger partial charge < -0.3 is 19.8 Å². The number of carboxylic acids is 1. The number of hydrogen-bond acceptors (Lipinski definition) is 8. The van der Waals surface area contributed by atoms with Crippen molar-refractivity contribution in [3.05, 3.63) is 53.9 Å². The van der Waals surface area contributed by atoms with E-state index in [9.17, 15) is 24.0 Å². The van der Waals surface area contributed by atoms with E-state index in [-0.39, 0.29) is 29.3 Å². The molecule has 0 bridgehead atoms. The molecule has 3 heterocycles. The Hall–Kier alpha value is -4.15. The lowest BCUT2D eigenvalue weighted by Crippen LogP contribution is -2.49. The Morgan fingerprint density at radius 3 is 1.68 bits per heavy atom. The smallest absolute Gasteiger partial charge is 0.305 e. The van der Waals surface area contributed by atoms with Gasteiger partial charge in [0, 0.05) is 82.4 Å². The van der Waals surface area contributed by atoms with Crippen LogP contribution in [0.15, 0.2) is 42.7 Å². The van der Waals surface area contributed by atoms with E-state index in [2.05, 4.69) is 62.5 Å². The van der Waals surface area contributed by atoms with Gasteiger partial charge in [0.2, 0.25) is 17.8 Å². The molecule has 0 atom stereocenters. The molecule has 316 valence electrons. The minimum absolute atomic E-state index is 0.213. The summed E-state index contributed by atoms with van der Waals surface area (Å²) in [6.07, 6.45) is 12.3. The highest BCUT2D eigenvalue weighted by atomic mass is 16.4. The molecule has 2 aromatic rings. The lowest BCUT2D eigenvalue weighted by atomic mass is 9.98. The molecule has 0 spiro atoms. The van der Waals surface area contributed by atoms with Gasteiger partial charge in [-0.05, 0) is 68.6 Å². The zero-order valence-electron chi connectivity index (χ0n) is 36.7. The zero-order valence-corrected chi connectivity index (χ0v) is 36.7. The molecule has 4 rings (SSSR count). The molecule has 11 nitrogen and oxygen atoms in total. The van der Waals surface area contributed by atoms with Crippen molar-refractivity contribution in [1.82, 2.24) is 19.8 Å². The highest BCUT2D eigenvalue weighted by Gasteiger charge is 2.22. The molecule has 0 unspecified atom stereocenters. The summed E-state index contributed by atoms with van der Waals surface area (Å²) >= 11 is 0. The van der Waals surface area contributed by atoms with E-state index in [0.717, 1.165) is 76.5 Å². The predicted octanol–water partition coefficient (Wildman–Crippen LogP) is 9.11. The maximum atomic E-state index is 11.9. The maximum absolute atomic E-state index is 11.9. The maximum Gasteiger partial charge on any atom is 0.305 e. The van der Waals surface area contributed by atoms with E-state index >= 15 is 0 Å². The average molecular weight is 782 g/mol. The van der Waals surface area contributed by atoms with Gasteiger partial charge in [0.05, 0.1) is 5.92 Å². The number of piperazine rings is 1. The molecule has 2 aliphatic rings. The SMILES string of the molecule is CC(=O)C(C)C.CC(C)C(=O)O.CC(C)CC(=O)N1CCN(c2ncccn2)CC1.CCCC(=O)N1CCCCC1.CCCCC(=O)c1cccc(C(C)C)c1. The number of piperidine rings is 1. The third kappa shape index (κ3) is 23.7. The van der Waals surface area contributed by atoms with Gasteiger partial charge in [0.1, 0.15) is 5.78 Å². The van der Waals surface area contributed by atoms with E-state index < -0.39 is 5.97 Å². The summed E-state index contributed by atoms with van der Waals surface area (Å²) < 4.78 is 0. The van der Waals surface area contributed by atoms with Gasteiger partial charge >= 0.3 is 5.97 Å². The molecule has 56 heavy (non-hydrogen) atoms. The van der Waals surface area contributed by atoms with E-state index in [4.69, 9.17) is 5.11 Å². The summed E-state index contributed by atoms with van der Waals surface area (Å²) in [5, 5.41) is 7.99. The average Bonchev–Trinajstić information content (AvgIpc) is 3.18. The second-order valence-electron chi connectivity index (χ2n) is 15.8. The molecule has 11 heteroatoms. The van der Waals surface area contributed by atoms with Crippen molar-refractivity contribution in [3.8, 4) is 0 Å². The Balaban J connectivity index is 0.000000721. The number of likely N-dealkylation sites (tertiary alicyclic amines) is 1. The van der Waals surface area contributed by atoms with Gasteiger partial charge in [-0.2, -0.15) is 0 Å². The summed E-state index contributed by atoms with van der Waals surface area (Å²) in [5.41, 5.74) is 2.12. The fourth-order valence-electron chi connectivity index (χ4n) is 5.16. The standard InChI is InChI=1S/C14H20O.C13H20N4O.C9H17NO.C5H10O.C4H8O2/c1-4-5-9-14(15)13-8-6-7-12(10-13)11(2)3;1-11(2)10-12(18)16-6-8-17(9-7-16)13-14-4-3-5-15-13;1-2-6-9(11)10-7-4-3-5-8-10;1-4(2)5(3)6;1-3(2)4(5)6/h6-8,10-11H,4-5,9H2,1-3H3;3-5,11H,6-10H2,1-2H3;2-8H2,1H3;4H,1-3H3;3H,1-2H3,(H,5,6). The minimum atomic E-state index is -0.741. The minimum Gasteiger partial charge on any atom is -0.481 e. The van der Waals surface area contributed by atoms with Crippen LogP contribution in [0.1, 0.15) is 156 Å². The van der Waals surface area contributed by atoms with Crippen molar-refractivity contribution in [2.45, 2.75) is 140 Å². The number of rotatable bonds is 12. The van der Waals surface area contributed by atoms with Gasteiger partial charge in [0.25, 0.3) is 0 Å². The van der Waals surface area contributed by atoms with Crippen molar-refractivity contribution in [2.75, 3.05) is 44.2 Å². The van der Waals surface area contributed by atoms with Crippen LogP contribution in [0.3, 0.4) is 0 Å². The molecule has 0 aliphatic carbocycles. The number of ketones is 2. The second-order valence-corrected chi connectivity index (χ2v) is 15.8. The monoisotopic (exact) mass is 782 g/mol. The first-order valence-corrected chi connectivity index (χ1v) is 20.9. The molecule has 1 N–H and O–H groups in total. The van der Waals surface area contributed by atoms with Crippen LogP contribution in [-0.4, -0.2) is 93.5 Å². The van der Waals surface area contributed by atoms with Crippen molar-refractivity contribution in [3.63, 3.8) is 0 Å². The van der Waals surface area contributed by atoms with E-state index in [1.54, 1.807) is 33.2 Å². The Morgan fingerprint density at radius 2 is 1.23 bits per heavy atom. The normalized spacial score (nSPS) is 13.7. The number of carbonyl (C=O) groups excluding carboxylic acids is 4. The molecule has 2 saturated heterocycles. The summed E-state index contributed by atoms with van der Waals surface area (Å²) in [6, 6.07) is 9.83. The number of aliphatic carboxylic acids is 1. The molecule has 2 amide bonds. The zero-order chi connectivity index (χ0) is 42.6. The molecule has 1 aromatic heterocycles. The third-order valence-corrected chi connectivity index (χ3v) is 9.16. The van der Waals surface area contributed by atoms with Crippen LogP contribution in [0.25, 0.3) is 0 Å². The van der Waals surface area contributed by atoms with Crippen LogP contribution in [0.4, 0.5) is 5.95 Å². The van der Waals surface area contributed by atoms with E-state index in [1.165, 1.54) is 24.8 Å². The first-order valence-electron chi connectivity index (χ1n) is 20.9. The molecule has 1 aromatic carbocycles. The molecular weight excluding hydrogens is 707 g/mol. The van der Waals surface area contributed by atoms with Gasteiger partial charge in [-0.25, -0.2) is 9.97 Å². The second kappa shape index (κ2) is 30.0. The Morgan fingerprint density at radius 1 is 0.696 bits per heavy atom. The van der Waals surface area contributed by atoms with Crippen molar-refractivity contribution in [2.24, 2.45) is 17.8 Å². The number of Topliss-reactive ketones (excluding diaryl/α,β-unsaturated/α-hetero) is 2. The van der Waals surface area contributed by atoms with Crippen LogP contribution >= 0.6 is 0 Å². The number of anilines is 1. The summed E-state index contributed by atoms with van der Waals surface area (Å²) in [6.45, 7) is 26.4. The lowest BCUT2D eigenvalue weighted by Gasteiger charge is -2.35. The number of benzene rings is 1. The molecule has 2 aliphatic heterocycles. The number of nitrogens with zero attached hydrogens (tertiary/aromatic N) is 5. The van der Waals surface area contributed by atoms with Gasteiger partial charge in [0.15, 0.2) is 5.78 Å². The Bertz CT molecular complexity index is 1380. The van der Waals surface area contributed by atoms with Gasteiger partial charge in [-0.1, -0.05) is 93.9 Å². The van der Waals surface area contributed by atoms with Crippen molar-refractivity contribution < 1.29 is 29.1 Å². The molecule has 0 radical (unpaired) electrons. The quantitative estimate of drug-likeness (QED) is 0.209. The van der Waals surface area contributed by atoms with E-state index in [1.807, 2.05) is 47.9 Å². The highest BCUT2D eigenvalue weighted by molar-refractivity contribution is 5.96. The van der Waals surface area contributed by atoms with E-state index in [0.29, 0.717) is 30.6 Å². The number of carbonyl (C=O) groups is 5. The van der Waals surface area contributed by atoms with Crippen molar-refractivity contribution in [1.29, 1.82) is 0 Å². The number of unbranched alkanes of at least 4 members (excludes halogenated alkanes) is 1. The first-order chi connectivity index (χ1) is 26.4. The van der Waals surface area contributed by atoms with Crippen LogP contribution in [0.2, 0.25) is 0 Å². The number of hydrogen-bond donors (Lipinski definition) is 1.